The van der Waals surface area contributed by atoms with Crippen LogP contribution in [0.4, 0.5) is 4.79 Å². The standard InChI is InChI=1S/C26H41N3O4/c1-17(2)29(24(31)19(4)27-25(32)33-26(5,6)7)22(20-13-11-12-18(3)16-20)23(30)28-21-14-9-8-10-15-21/h11-13,16-17,19,21-22H,8-10,14-15H2,1-7H3,(H,27,32)(H,28,30). The lowest BCUT2D eigenvalue weighted by Crippen LogP contribution is -2.55. The minimum absolute atomic E-state index is 0.125. The van der Waals surface area contributed by atoms with Crippen LogP contribution in [-0.2, 0) is 14.3 Å². The van der Waals surface area contributed by atoms with Crippen LogP contribution >= 0.6 is 0 Å². The lowest BCUT2D eigenvalue weighted by atomic mass is 9.94. The van der Waals surface area contributed by atoms with Crippen molar-refractivity contribution in [2.45, 2.75) is 110 Å². The van der Waals surface area contributed by atoms with Crippen molar-refractivity contribution in [2.75, 3.05) is 0 Å². The average Bonchev–Trinajstić information content (AvgIpc) is 2.70. The van der Waals surface area contributed by atoms with Gasteiger partial charge in [0, 0.05) is 12.1 Å². The molecular weight excluding hydrogens is 418 g/mol. The van der Waals surface area contributed by atoms with Gasteiger partial charge in [-0.2, -0.15) is 0 Å². The normalized spacial score (nSPS) is 16.6. The Morgan fingerprint density at radius 2 is 1.70 bits per heavy atom. The Bertz CT molecular complexity index is 825. The first-order valence-corrected chi connectivity index (χ1v) is 12.1. The number of benzene rings is 1. The number of aryl methyl sites for hydroxylation is 1. The largest absolute Gasteiger partial charge is 0.444 e. The predicted octanol–water partition coefficient (Wildman–Crippen LogP) is 4.64. The van der Waals surface area contributed by atoms with Gasteiger partial charge in [0.25, 0.3) is 0 Å². The molecule has 7 heteroatoms. The topological polar surface area (TPSA) is 87.7 Å². The van der Waals surface area contributed by atoms with Crippen molar-refractivity contribution >= 4 is 17.9 Å². The van der Waals surface area contributed by atoms with Crippen molar-refractivity contribution in [2.24, 2.45) is 0 Å². The lowest BCUT2D eigenvalue weighted by Gasteiger charge is -2.37. The third-order valence-electron chi connectivity index (χ3n) is 5.75. The van der Waals surface area contributed by atoms with Crippen LogP contribution in [0.1, 0.15) is 90.8 Å². The first-order chi connectivity index (χ1) is 15.4. The number of amides is 3. The fourth-order valence-corrected chi connectivity index (χ4v) is 4.26. The molecule has 0 spiro atoms. The molecule has 184 valence electrons. The van der Waals surface area contributed by atoms with Crippen LogP contribution in [-0.4, -0.2) is 46.5 Å². The molecule has 0 heterocycles. The van der Waals surface area contributed by atoms with E-state index in [4.69, 9.17) is 4.74 Å². The van der Waals surface area contributed by atoms with Crippen LogP contribution in [0.15, 0.2) is 24.3 Å². The fourth-order valence-electron chi connectivity index (χ4n) is 4.26. The van der Waals surface area contributed by atoms with Crippen LogP contribution in [0.3, 0.4) is 0 Å². The van der Waals surface area contributed by atoms with Gasteiger partial charge in [0.2, 0.25) is 11.8 Å². The number of rotatable bonds is 7. The summed E-state index contributed by atoms with van der Waals surface area (Å²) in [5, 5.41) is 5.82. The van der Waals surface area contributed by atoms with E-state index < -0.39 is 23.8 Å². The molecule has 1 aliphatic carbocycles. The molecular formula is C26H41N3O4. The van der Waals surface area contributed by atoms with Gasteiger partial charge < -0.3 is 20.3 Å². The summed E-state index contributed by atoms with van der Waals surface area (Å²) in [6, 6.07) is 5.92. The summed E-state index contributed by atoms with van der Waals surface area (Å²) < 4.78 is 5.31. The molecule has 3 amide bonds. The maximum absolute atomic E-state index is 13.6. The predicted molar refractivity (Wildman–Crippen MR) is 130 cm³/mol. The summed E-state index contributed by atoms with van der Waals surface area (Å²) in [4.78, 5) is 41.0. The zero-order chi connectivity index (χ0) is 24.8. The fraction of sp³-hybridized carbons (Fsp3) is 0.654. The maximum atomic E-state index is 13.6. The highest BCUT2D eigenvalue weighted by molar-refractivity contribution is 5.92. The Balaban J connectivity index is 2.32. The molecule has 1 fully saturated rings. The van der Waals surface area contributed by atoms with E-state index in [1.807, 2.05) is 45.0 Å². The Labute approximate surface area is 198 Å². The van der Waals surface area contributed by atoms with E-state index in [0.29, 0.717) is 0 Å². The van der Waals surface area contributed by atoms with Crippen LogP contribution in [0.2, 0.25) is 0 Å². The van der Waals surface area contributed by atoms with Gasteiger partial charge in [0.1, 0.15) is 17.7 Å². The van der Waals surface area contributed by atoms with Gasteiger partial charge in [-0.3, -0.25) is 9.59 Å². The number of nitrogens with one attached hydrogen (secondary N) is 2. The van der Waals surface area contributed by atoms with Crippen molar-refractivity contribution in [1.29, 1.82) is 0 Å². The third kappa shape index (κ3) is 8.06. The first kappa shape index (κ1) is 26.7. The van der Waals surface area contributed by atoms with Crippen molar-refractivity contribution < 1.29 is 19.1 Å². The minimum atomic E-state index is -0.850. The van der Waals surface area contributed by atoms with Crippen molar-refractivity contribution in [3.05, 3.63) is 35.4 Å². The number of hydrogen-bond acceptors (Lipinski definition) is 4. The summed E-state index contributed by atoms with van der Waals surface area (Å²) >= 11 is 0. The molecule has 2 unspecified atom stereocenters. The van der Waals surface area contributed by atoms with Crippen molar-refractivity contribution in [1.82, 2.24) is 15.5 Å². The highest BCUT2D eigenvalue weighted by Gasteiger charge is 2.37. The number of nitrogens with zero attached hydrogens (tertiary/aromatic N) is 1. The van der Waals surface area contributed by atoms with Gasteiger partial charge in [0.05, 0.1) is 0 Å². The number of ether oxygens (including phenoxy) is 1. The van der Waals surface area contributed by atoms with E-state index in [-0.39, 0.29) is 23.9 Å². The van der Waals surface area contributed by atoms with Gasteiger partial charge in [-0.05, 0) is 66.9 Å². The molecule has 0 aliphatic heterocycles. The Morgan fingerprint density at radius 1 is 1.06 bits per heavy atom. The van der Waals surface area contributed by atoms with Gasteiger partial charge >= 0.3 is 6.09 Å². The summed E-state index contributed by atoms with van der Waals surface area (Å²) in [6.07, 6.45) is 4.65. The van der Waals surface area contributed by atoms with Gasteiger partial charge in [-0.15, -0.1) is 0 Å². The molecule has 1 aromatic carbocycles. The van der Waals surface area contributed by atoms with E-state index in [1.165, 1.54) is 6.42 Å². The second kappa shape index (κ2) is 11.5. The third-order valence-corrected chi connectivity index (χ3v) is 5.75. The van der Waals surface area contributed by atoms with Crippen LogP contribution in [0.25, 0.3) is 0 Å². The molecule has 1 aliphatic rings. The number of carbonyl (C=O) groups is 3. The number of carbonyl (C=O) groups excluding carboxylic acids is 3. The van der Waals surface area contributed by atoms with E-state index in [9.17, 15) is 14.4 Å². The highest BCUT2D eigenvalue weighted by Crippen LogP contribution is 2.27. The van der Waals surface area contributed by atoms with Crippen LogP contribution in [0.5, 0.6) is 0 Å². The summed E-state index contributed by atoms with van der Waals surface area (Å²) in [6.45, 7) is 12.7. The van der Waals surface area contributed by atoms with E-state index in [0.717, 1.165) is 36.8 Å². The smallest absolute Gasteiger partial charge is 0.408 e. The Kier molecular flexibility index (Phi) is 9.32. The zero-order valence-corrected chi connectivity index (χ0v) is 21.2. The molecule has 2 N–H and O–H groups in total. The molecule has 0 bridgehead atoms. The lowest BCUT2D eigenvalue weighted by molar-refractivity contribution is -0.144. The SMILES string of the molecule is Cc1cccc(C(C(=O)NC2CCCCC2)N(C(=O)C(C)NC(=O)OC(C)(C)C)C(C)C)c1. The molecule has 0 aromatic heterocycles. The van der Waals surface area contributed by atoms with Gasteiger partial charge in [-0.1, -0.05) is 49.1 Å². The van der Waals surface area contributed by atoms with E-state index >= 15 is 0 Å². The van der Waals surface area contributed by atoms with Crippen LogP contribution < -0.4 is 10.6 Å². The van der Waals surface area contributed by atoms with Crippen molar-refractivity contribution in [3.8, 4) is 0 Å². The van der Waals surface area contributed by atoms with E-state index in [2.05, 4.69) is 10.6 Å². The zero-order valence-electron chi connectivity index (χ0n) is 21.2. The summed E-state index contributed by atoms with van der Waals surface area (Å²) in [5.41, 5.74) is 1.10. The average molecular weight is 460 g/mol. The molecule has 0 saturated heterocycles. The Hall–Kier alpha value is -2.57. The second-order valence-corrected chi connectivity index (χ2v) is 10.4. The molecule has 0 radical (unpaired) electrons. The molecule has 33 heavy (non-hydrogen) atoms. The summed E-state index contributed by atoms with van der Waals surface area (Å²) in [7, 11) is 0. The highest BCUT2D eigenvalue weighted by atomic mass is 16.6. The van der Waals surface area contributed by atoms with Gasteiger partial charge in [0.15, 0.2) is 0 Å². The molecule has 7 nitrogen and oxygen atoms in total. The maximum Gasteiger partial charge on any atom is 0.408 e. The summed E-state index contributed by atoms with van der Waals surface area (Å²) in [5.74, 6) is -0.514. The Morgan fingerprint density at radius 3 is 2.24 bits per heavy atom. The minimum Gasteiger partial charge on any atom is -0.444 e. The van der Waals surface area contributed by atoms with Gasteiger partial charge in [-0.25, -0.2) is 4.79 Å². The monoisotopic (exact) mass is 459 g/mol. The second-order valence-electron chi connectivity index (χ2n) is 10.4. The van der Waals surface area contributed by atoms with E-state index in [1.54, 1.807) is 32.6 Å². The molecule has 1 saturated carbocycles. The van der Waals surface area contributed by atoms with Crippen LogP contribution in [0, 0.1) is 6.92 Å². The number of hydrogen-bond donors (Lipinski definition) is 2. The quantitative estimate of drug-likeness (QED) is 0.622. The molecule has 1 aromatic rings. The van der Waals surface area contributed by atoms with Crippen molar-refractivity contribution in [3.63, 3.8) is 0 Å². The molecule has 2 rings (SSSR count). The molecule has 2 atom stereocenters. The number of alkyl carbamates (subject to hydrolysis) is 1. The first-order valence-electron chi connectivity index (χ1n) is 12.1.